The molecule has 3 aromatic rings. The number of aryl methyl sites for hydroxylation is 1. The summed E-state index contributed by atoms with van der Waals surface area (Å²) < 4.78 is 19.2. The Morgan fingerprint density at radius 2 is 1.88 bits per heavy atom. The maximum Gasteiger partial charge on any atom is 0.232 e. The number of nitrogens with zero attached hydrogens (tertiary/aromatic N) is 3. The van der Waals surface area contributed by atoms with Gasteiger partial charge >= 0.3 is 0 Å². The first kappa shape index (κ1) is 21.2. The van der Waals surface area contributed by atoms with E-state index in [0.717, 1.165) is 32.0 Å². The number of aromatic hydroxyl groups is 1. The molecule has 5 rings (SSSR count). The minimum atomic E-state index is -0.342. The second-order valence-electron chi connectivity index (χ2n) is 8.34. The van der Waals surface area contributed by atoms with Crippen molar-refractivity contribution in [3.8, 4) is 11.5 Å². The maximum atomic E-state index is 13.2. The summed E-state index contributed by atoms with van der Waals surface area (Å²) in [6.07, 6.45) is 3.40. The number of ether oxygens (including phenoxy) is 1. The minimum Gasteiger partial charge on any atom is -0.507 e. The molecule has 1 N–H and O–H groups in total. The van der Waals surface area contributed by atoms with E-state index in [4.69, 9.17) is 4.74 Å². The number of Topliss-reactive ketones (excluding diaryl/α,β-unsaturated/α-hetero) is 1. The molecule has 0 unspecified atom stereocenters. The normalized spacial score (nSPS) is 17.3. The molecule has 2 aromatic carbocycles. The lowest BCUT2D eigenvalue weighted by atomic mass is 9.99. The van der Waals surface area contributed by atoms with Crippen molar-refractivity contribution in [1.29, 1.82) is 0 Å². The molecule has 0 saturated carbocycles. The van der Waals surface area contributed by atoms with Crippen LogP contribution in [0.3, 0.4) is 0 Å². The van der Waals surface area contributed by atoms with Gasteiger partial charge < -0.3 is 14.7 Å². The molecular weight excluding hydrogens is 421 g/mol. The van der Waals surface area contributed by atoms with Gasteiger partial charge in [0.25, 0.3) is 0 Å². The van der Waals surface area contributed by atoms with Gasteiger partial charge in [-0.3, -0.25) is 9.69 Å². The molecule has 7 heteroatoms. The Bertz CT molecular complexity index is 1220. The Morgan fingerprint density at radius 1 is 1.12 bits per heavy atom. The number of fused-ring (bicyclic) bond motifs is 1. The molecule has 0 spiro atoms. The zero-order chi connectivity index (χ0) is 22.9. The summed E-state index contributed by atoms with van der Waals surface area (Å²) in [6, 6.07) is 13.4. The average molecular weight is 445 g/mol. The molecule has 0 atom stereocenters. The lowest BCUT2D eigenvalue weighted by Crippen LogP contribution is -2.46. The number of phenolic OH excluding ortho intramolecular Hbond substituents is 1. The van der Waals surface area contributed by atoms with Crippen LogP contribution in [0, 0.1) is 12.7 Å². The van der Waals surface area contributed by atoms with Gasteiger partial charge in [0.2, 0.25) is 5.78 Å². The van der Waals surface area contributed by atoms with Gasteiger partial charge in [0.05, 0.1) is 11.1 Å². The number of pyridine rings is 1. The summed E-state index contributed by atoms with van der Waals surface area (Å²) in [5, 5.41) is 10.7. The maximum absolute atomic E-state index is 13.2. The highest BCUT2D eigenvalue weighted by Crippen LogP contribution is 2.42. The van der Waals surface area contributed by atoms with E-state index in [1.165, 1.54) is 12.1 Å². The number of hydrogen-bond donors (Lipinski definition) is 1. The van der Waals surface area contributed by atoms with Crippen LogP contribution in [-0.2, 0) is 6.54 Å². The summed E-state index contributed by atoms with van der Waals surface area (Å²) in [5.41, 5.74) is 2.42. The first-order valence-corrected chi connectivity index (χ1v) is 10.9. The molecule has 1 saturated heterocycles. The van der Waals surface area contributed by atoms with Gasteiger partial charge in [-0.15, -0.1) is 0 Å². The number of carbonyl (C=O) groups is 1. The summed E-state index contributed by atoms with van der Waals surface area (Å²) in [5.74, 6) is 1.10. The van der Waals surface area contributed by atoms with Crippen molar-refractivity contribution in [2.75, 3.05) is 31.1 Å². The lowest BCUT2D eigenvalue weighted by molar-refractivity contribution is 0.101. The second-order valence-corrected chi connectivity index (χ2v) is 8.34. The number of hydrogen-bond acceptors (Lipinski definition) is 6. The molecule has 0 radical (unpaired) electrons. The van der Waals surface area contributed by atoms with E-state index in [0.29, 0.717) is 34.5 Å². The molecule has 168 valence electrons. The van der Waals surface area contributed by atoms with E-state index < -0.39 is 0 Å². The van der Waals surface area contributed by atoms with Crippen LogP contribution in [0.5, 0.6) is 11.5 Å². The van der Waals surface area contributed by atoms with E-state index in [9.17, 15) is 14.3 Å². The summed E-state index contributed by atoms with van der Waals surface area (Å²) in [7, 11) is 0. The Hall–Kier alpha value is -3.71. The Morgan fingerprint density at radius 3 is 2.58 bits per heavy atom. The number of ketones is 1. The number of allylic oxidation sites excluding steroid dienone is 1. The van der Waals surface area contributed by atoms with E-state index in [2.05, 4.69) is 14.8 Å². The molecule has 0 amide bonds. The average Bonchev–Trinajstić information content (AvgIpc) is 3.15. The van der Waals surface area contributed by atoms with Gasteiger partial charge in [-0.1, -0.05) is 18.2 Å². The summed E-state index contributed by atoms with van der Waals surface area (Å²) in [6.45, 7) is 5.50. The van der Waals surface area contributed by atoms with Crippen LogP contribution in [0.15, 0.2) is 60.5 Å². The topological polar surface area (TPSA) is 65.9 Å². The molecule has 2 aliphatic heterocycles. The fraction of sp³-hybridized carbons (Fsp3) is 0.231. The van der Waals surface area contributed by atoms with Gasteiger partial charge in [0, 0.05) is 38.9 Å². The first-order valence-electron chi connectivity index (χ1n) is 10.9. The van der Waals surface area contributed by atoms with E-state index in [1.807, 2.05) is 18.2 Å². The molecule has 2 aliphatic rings. The molecular formula is C26H24FN3O3. The molecule has 1 aromatic heterocycles. The number of phenols is 1. The Kier molecular flexibility index (Phi) is 5.56. The van der Waals surface area contributed by atoms with Crippen molar-refractivity contribution in [1.82, 2.24) is 9.88 Å². The molecule has 33 heavy (non-hydrogen) atoms. The summed E-state index contributed by atoms with van der Waals surface area (Å²) >= 11 is 0. The van der Waals surface area contributed by atoms with Gasteiger partial charge in [0.15, 0.2) is 5.76 Å². The summed E-state index contributed by atoms with van der Waals surface area (Å²) in [4.78, 5) is 22.0. The molecule has 6 nitrogen and oxygen atoms in total. The van der Waals surface area contributed by atoms with Crippen molar-refractivity contribution in [2.45, 2.75) is 13.5 Å². The van der Waals surface area contributed by atoms with Gasteiger partial charge in [-0.05, 0) is 54.5 Å². The highest BCUT2D eigenvalue weighted by molar-refractivity contribution is 6.15. The van der Waals surface area contributed by atoms with Crippen LogP contribution in [0.25, 0.3) is 6.08 Å². The minimum absolute atomic E-state index is 0.120. The number of rotatable bonds is 4. The number of aromatic nitrogens is 1. The van der Waals surface area contributed by atoms with Gasteiger partial charge in [-0.25, -0.2) is 9.37 Å². The molecule has 3 heterocycles. The van der Waals surface area contributed by atoms with Crippen LogP contribution in [0.4, 0.5) is 10.2 Å². The first-order chi connectivity index (χ1) is 16.0. The predicted molar refractivity (Wildman–Crippen MR) is 124 cm³/mol. The van der Waals surface area contributed by atoms with Crippen LogP contribution in [-0.4, -0.2) is 47.0 Å². The third-order valence-corrected chi connectivity index (χ3v) is 6.12. The quantitative estimate of drug-likeness (QED) is 0.608. The van der Waals surface area contributed by atoms with Crippen molar-refractivity contribution in [3.05, 3.63) is 88.6 Å². The second kappa shape index (κ2) is 8.67. The third kappa shape index (κ3) is 4.19. The standard InChI is InChI=1S/C26H24FN3O3/c1-17-14-21(31)20(16-29-10-12-30(13-11-29)23-4-2-3-9-28-23)26-24(17)25(32)22(33-26)15-18-5-7-19(27)8-6-18/h2-9,14-15,31H,10-13,16H2,1H3/b22-15-. The third-order valence-electron chi connectivity index (χ3n) is 6.12. The number of anilines is 1. The van der Waals surface area contributed by atoms with Crippen molar-refractivity contribution < 1.29 is 19.0 Å². The molecule has 0 bridgehead atoms. The van der Waals surface area contributed by atoms with E-state index >= 15 is 0 Å². The molecule has 1 fully saturated rings. The molecule has 0 aliphatic carbocycles. The largest absolute Gasteiger partial charge is 0.507 e. The van der Waals surface area contributed by atoms with Crippen LogP contribution >= 0.6 is 0 Å². The number of carbonyl (C=O) groups excluding carboxylic acids is 1. The van der Waals surface area contributed by atoms with Crippen LogP contribution in [0.2, 0.25) is 0 Å². The number of benzene rings is 2. The van der Waals surface area contributed by atoms with Crippen molar-refractivity contribution in [3.63, 3.8) is 0 Å². The number of halogens is 1. The van der Waals surface area contributed by atoms with E-state index in [-0.39, 0.29) is 23.1 Å². The van der Waals surface area contributed by atoms with Crippen molar-refractivity contribution in [2.24, 2.45) is 0 Å². The Balaban J connectivity index is 1.37. The predicted octanol–water partition coefficient (Wildman–Crippen LogP) is 4.17. The zero-order valence-electron chi connectivity index (χ0n) is 18.3. The van der Waals surface area contributed by atoms with Gasteiger partial charge in [-0.2, -0.15) is 0 Å². The highest BCUT2D eigenvalue weighted by atomic mass is 19.1. The smallest absolute Gasteiger partial charge is 0.232 e. The fourth-order valence-corrected chi connectivity index (χ4v) is 4.34. The van der Waals surface area contributed by atoms with Crippen LogP contribution in [0.1, 0.15) is 27.0 Å². The highest BCUT2D eigenvalue weighted by Gasteiger charge is 2.34. The van der Waals surface area contributed by atoms with Crippen LogP contribution < -0.4 is 9.64 Å². The Labute approximate surface area is 191 Å². The van der Waals surface area contributed by atoms with E-state index in [1.54, 1.807) is 37.4 Å². The van der Waals surface area contributed by atoms with Gasteiger partial charge in [0.1, 0.15) is 23.1 Å². The number of piperazine rings is 1. The SMILES string of the molecule is Cc1cc(O)c(CN2CCN(c3ccccn3)CC2)c2c1C(=O)/C(=C/c1ccc(F)cc1)O2. The zero-order valence-corrected chi connectivity index (χ0v) is 18.3. The van der Waals surface area contributed by atoms with Crippen molar-refractivity contribution >= 4 is 17.7 Å². The monoisotopic (exact) mass is 445 g/mol. The fourth-order valence-electron chi connectivity index (χ4n) is 4.34. The lowest BCUT2D eigenvalue weighted by Gasteiger charge is -2.35.